The van der Waals surface area contributed by atoms with Gasteiger partial charge in [0.2, 0.25) is 5.91 Å². The second-order valence-electron chi connectivity index (χ2n) is 7.38. The molecule has 2 fully saturated rings. The second-order valence-corrected chi connectivity index (χ2v) is 7.38. The number of carbonyl (C=O) groups is 1. The van der Waals surface area contributed by atoms with Gasteiger partial charge in [-0.15, -0.1) is 0 Å². The molecule has 0 aromatic carbocycles. The van der Waals surface area contributed by atoms with Crippen molar-refractivity contribution in [2.45, 2.75) is 38.8 Å². The number of morpholine rings is 1. The molecule has 1 atom stereocenters. The number of hydrogen-bond acceptors (Lipinski definition) is 5. The van der Waals surface area contributed by atoms with E-state index in [1.807, 2.05) is 11.8 Å². The summed E-state index contributed by atoms with van der Waals surface area (Å²) in [6.45, 7) is 8.03. The van der Waals surface area contributed by atoms with E-state index < -0.39 is 0 Å². The molecule has 6 nitrogen and oxygen atoms in total. The summed E-state index contributed by atoms with van der Waals surface area (Å²) in [5, 5.41) is 0. The summed E-state index contributed by atoms with van der Waals surface area (Å²) in [6.07, 6.45) is 2.13. The topological polar surface area (TPSA) is 48.9 Å². The van der Waals surface area contributed by atoms with Crippen molar-refractivity contribution in [3.63, 3.8) is 0 Å². The Morgan fingerprint density at radius 2 is 1.96 bits per heavy atom. The van der Waals surface area contributed by atoms with Crippen LogP contribution in [-0.4, -0.2) is 73.6 Å². The summed E-state index contributed by atoms with van der Waals surface area (Å²) in [6, 6.07) is 4.78. The largest absolute Gasteiger partial charge is 0.378 e. The standard InChI is InChI=1S/C19H30N4O2/c1-14-11-17(21(3)4)12-18(20-14)19-13-23(9-10-25-19)16-5-7-22(8-6-16)15(2)24/h11-12,16,19H,5-10,13H2,1-4H3/t19-/m1/s1. The fourth-order valence-corrected chi connectivity index (χ4v) is 3.82. The summed E-state index contributed by atoms with van der Waals surface area (Å²) in [5.41, 5.74) is 3.21. The molecule has 2 aliphatic heterocycles. The molecule has 25 heavy (non-hydrogen) atoms. The third-order valence-corrected chi connectivity index (χ3v) is 5.33. The number of hydrogen-bond donors (Lipinski definition) is 0. The molecule has 6 heteroatoms. The normalized spacial score (nSPS) is 22.9. The van der Waals surface area contributed by atoms with Crippen molar-refractivity contribution >= 4 is 11.6 Å². The Bertz CT molecular complexity index is 611. The van der Waals surface area contributed by atoms with Gasteiger partial charge in [-0.1, -0.05) is 0 Å². The van der Waals surface area contributed by atoms with Crippen LogP contribution in [0.5, 0.6) is 0 Å². The van der Waals surface area contributed by atoms with Crippen LogP contribution < -0.4 is 4.90 Å². The van der Waals surface area contributed by atoms with Crippen LogP contribution in [0.4, 0.5) is 5.69 Å². The molecular formula is C19H30N4O2. The first-order valence-electron chi connectivity index (χ1n) is 9.21. The molecule has 138 valence electrons. The number of ether oxygens (including phenoxy) is 1. The molecule has 0 saturated carbocycles. The molecule has 1 aromatic rings. The van der Waals surface area contributed by atoms with E-state index in [2.05, 4.69) is 36.0 Å². The minimum Gasteiger partial charge on any atom is -0.378 e. The summed E-state index contributed by atoms with van der Waals surface area (Å²) >= 11 is 0. The summed E-state index contributed by atoms with van der Waals surface area (Å²) in [4.78, 5) is 22.8. The number of aromatic nitrogens is 1. The van der Waals surface area contributed by atoms with Gasteiger partial charge in [0, 0.05) is 64.6 Å². The highest BCUT2D eigenvalue weighted by Crippen LogP contribution is 2.27. The van der Waals surface area contributed by atoms with E-state index in [0.717, 1.165) is 62.7 Å². The van der Waals surface area contributed by atoms with Gasteiger partial charge in [0.15, 0.2) is 0 Å². The zero-order valence-electron chi connectivity index (χ0n) is 15.9. The van der Waals surface area contributed by atoms with Crippen LogP contribution in [-0.2, 0) is 9.53 Å². The number of aryl methyl sites for hydroxylation is 1. The van der Waals surface area contributed by atoms with E-state index >= 15 is 0 Å². The lowest BCUT2D eigenvalue weighted by atomic mass is 10.0. The van der Waals surface area contributed by atoms with E-state index in [1.165, 1.54) is 0 Å². The van der Waals surface area contributed by atoms with Gasteiger partial charge in [0.05, 0.1) is 12.3 Å². The van der Waals surface area contributed by atoms with Crippen LogP contribution in [0.3, 0.4) is 0 Å². The number of likely N-dealkylation sites (tertiary alicyclic amines) is 1. The number of pyridine rings is 1. The molecule has 1 amide bonds. The second kappa shape index (κ2) is 7.70. The summed E-state index contributed by atoms with van der Waals surface area (Å²) in [5.74, 6) is 0.193. The molecule has 2 saturated heterocycles. The maximum absolute atomic E-state index is 11.5. The summed E-state index contributed by atoms with van der Waals surface area (Å²) in [7, 11) is 4.10. The lowest BCUT2D eigenvalue weighted by Crippen LogP contribution is -2.50. The van der Waals surface area contributed by atoms with Crippen LogP contribution in [0.1, 0.15) is 37.3 Å². The van der Waals surface area contributed by atoms with E-state index in [9.17, 15) is 4.79 Å². The summed E-state index contributed by atoms with van der Waals surface area (Å²) < 4.78 is 6.05. The minimum absolute atomic E-state index is 0.0261. The first-order valence-corrected chi connectivity index (χ1v) is 9.21. The van der Waals surface area contributed by atoms with E-state index in [0.29, 0.717) is 6.04 Å². The van der Waals surface area contributed by atoms with Gasteiger partial charge < -0.3 is 14.5 Å². The highest BCUT2D eigenvalue weighted by atomic mass is 16.5. The number of anilines is 1. The first kappa shape index (κ1) is 18.1. The first-order chi connectivity index (χ1) is 11.9. The molecule has 2 aliphatic rings. The number of piperidine rings is 1. The molecule has 1 aromatic heterocycles. The molecule has 0 N–H and O–H groups in total. The monoisotopic (exact) mass is 346 g/mol. The number of nitrogens with zero attached hydrogens (tertiary/aromatic N) is 4. The van der Waals surface area contributed by atoms with Crippen LogP contribution in [0, 0.1) is 6.92 Å². The fourth-order valence-electron chi connectivity index (χ4n) is 3.82. The van der Waals surface area contributed by atoms with Crippen molar-refractivity contribution in [3.8, 4) is 0 Å². The molecule has 0 aliphatic carbocycles. The molecule has 3 rings (SSSR count). The smallest absolute Gasteiger partial charge is 0.219 e. The van der Waals surface area contributed by atoms with Gasteiger partial charge in [-0.3, -0.25) is 14.7 Å². The van der Waals surface area contributed by atoms with Gasteiger partial charge in [-0.25, -0.2) is 0 Å². The van der Waals surface area contributed by atoms with Crippen LogP contribution >= 0.6 is 0 Å². The Kier molecular flexibility index (Phi) is 5.59. The Labute approximate surface area is 150 Å². The number of carbonyl (C=O) groups excluding carboxylic acids is 1. The van der Waals surface area contributed by atoms with Crippen molar-refractivity contribution in [2.75, 3.05) is 51.8 Å². The van der Waals surface area contributed by atoms with Crippen LogP contribution in [0.15, 0.2) is 12.1 Å². The van der Waals surface area contributed by atoms with Crippen molar-refractivity contribution in [2.24, 2.45) is 0 Å². The van der Waals surface area contributed by atoms with E-state index in [4.69, 9.17) is 9.72 Å². The lowest BCUT2D eigenvalue weighted by Gasteiger charge is -2.42. The molecule has 3 heterocycles. The lowest BCUT2D eigenvalue weighted by molar-refractivity contribution is -0.131. The zero-order chi connectivity index (χ0) is 18.0. The highest BCUT2D eigenvalue weighted by molar-refractivity contribution is 5.73. The van der Waals surface area contributed by atoms with Gasteiger partial charge in [-0.2, -0.15) is 0 Å². The van der Waals surface area contributed by atoms with Gasteiger partial charge >= 0.3 is 0 Å². The molecule has 0 bridgehead atoms. The SMILES string of the molecule is CC(=O)N1CCC(N2CCO[C@@H](c3cc(N(C)C)cc(C)n3)C2)CC1. The van der Waals surface area contributed by atoms with Crippen molar-refractivity contribution in [1.29, 1.82) is 0 Å². The zero-order valence-corrected chi connectivity index (χ0v) is 15.9. The van der Waals surface area contributed by atoms with Gasteiger partial charge in [-0.05, 0) is 31.9 Å². The third-order valence-electron chi connectivity index (χ3n) is 5.33. The van der Waals surface area contributed by atoms with Crippen LogP contribution in [0.2, 0.25) is 0 Å². The molecule has 0 radical (unpaired) electrons. The quantitative estimate of drug-likeness (QED) is 0.836. The number of amides is 1. The van der Waals surface area contributed by atoms with Gasteiger partial charge in [0.25, 0.3) is 0 Å². The van der Waals surface area contributed by atoms with Crippen molar-refractivity contribution in [3.05, 3.63) is 23.5 Å². The van der Waals surface area contributed by atoms with Crippen molar-refractivity contribution in [1.82, 2.24) is 14.8 Å². The maximum Gasteiger partial charge on any atom is 0.219 e. The maximum atomic E-state index is 11.5. The molecule has 0 spiro atoms. The molecule has 0 unspecified atom stereocenters. The van der Waals surface area contributed by atoms with E-state index in [-0.39, 0.29) is 12.0 Å². The van der Waals surface area contributed by atoms with Crippen LogP contribution in [0.25, 0.3) is 0 Å². The van der Waals surface area contributed by atoms with Gasteiger partial charge in [0.1, 0.15) is 6.10 Å². The highest BCUT2D eigenvalue weighted by Gasteiger charge is 2.31. The Morgan fingerprint density at radius 3 is 2.60 bits per heavy atom. The Morgan fingerprint density at radius 1 is 1.24 bits per heavy atom. The van der Waals surface area contributed by atoms with E-state index in [1.54, 1.807) is 6.92 Å². The molecular weight excluding hydrogens is 316 g/mol. The number of rotatable bonds is 3. The third kappa shape index (κ3) is 4.30. The predicted molar refractivity (Wildman–Crippen MR) is 98.8 cm³/mol. The fraction of sp³-hybridized carbons (Fsp3) is 0.684. The van der Waals surface area contributed by atoms with Crippen molar-refractivity contribution < 1.29 is 9.53 Å². The Hall–Kier alpha value is -1.66. The minimum atomic E-state index is 0.0261. The Balaban J connectivity index is 1.67. The predicted octanol–water partition coefficient (Wildman–Crippen LogP) is 1.84. The average Bonchev–Trinajstić information content (AvgIpc) is 2.61. The average molecular weight is 346 g/mol.